The predicted octanol–water partition coefficient (Wildman–Crippen LogP) is 5.09. The molecule has 0 aromatic heterocycles. The quantitative estimate of drug-likeness (QED) is 0.227. The maximum atomic E-state index is 12.3. The van der Waals surface area contributed by atoms with E-state index in [1.54, 1.807) is 60.7 Å². The van der Waals surface area contributed by atoms with Crippen molar-refractivity contribution in [2.75, 3.05) is 7.11 Å². The third-order valence-corrected chi connectivity index (χ3v) is 4.68. The number of carbonyl (C=O) groups excluding carboxylic acids is 2. The van der Waals surface area contributed by atoms with E-state index in [1.807, 2.05) is 6.07 Å². The van der Waals surface area contributed by atoms with Gasteiger partial charge in [0.05, 0.1) is 18.9 Å². The zero-order valence-electron chi connectivity index (χ0n) is 15.8. The van der Waals surface area contributed by atoms with E-state index in [0.717, 1.165) is 4.47 Å². The lowest BCUT2D eigenvalue weighted by Gasteiger charge is -2.10. The van der Waals surface area contributed by atoms with Crippen molar-refractivity contribution in [3.63, 3.8) is 0 Å². The second-order valence-corrected chi connectivity index (χ2v) is 7.37. The van der Waals surface area contributed by atoms with Crippen molar-refractivity contribution in [1.82, 2.24) is 5.43 Å². The number of hydrazone groups is 1. The molecule has 1 N–H and O–H groups in total. The number of benzene rings is 3. The minimum absolute atomic E-state index is 0.257. The van der Waals surface area contributed by atoms with E-state index in [9.17, 15) is 9.59 Å². The average molecular weight is 488 g/mol. The van der Waals surface area contributed by atoms with Crippen LogP contribution in [0.4, 0.5) is 0 Å². The van der Waals surface area contributed by atoms with Crippen LogP contribution in [0.1, 0.15) is 26.3 Å². The Balaban J connectivity index is 1.67. The molecule has 0 aliphatic carbocycles. The summed E-state index contributed by atoms with van der Waals surface area (Å²) in [5.74, 6) is -0.270. The number of carbonyl (C=O) groups is 2. The van der Waals surface area contributed by atoms with Crippen LogP contribution in [0.3, 0.4) is 0 Å². The van der Waals surface area contributed by atoms with Gasteiger partial charge in [-0.3, -0.25) is 4.79 Å². The summed E-state index contributed by atoms with van der Waals surface area (Å²) in [6, 6.07) is 18.2. The van der Waals surface area contributed by atoms with E-state index in [0.29, 0.717) is 27.5 Å². The van der Waals surface area contributed by atoms with Gasteiger partial charge in [0.2, 0.25) is 0 Å². The highest BCUT2D eigenvalue weighted by Crippen LogP contribution is 2.28. The molecule has 3 aromatic carbocycles. The first-order valence-electron chi connectivity index (χ1n) is 8.71. The number of amides is 1. The highest BCUT2D eigenvalue weighted by molar-refractivity contribution is 9.10. The summed E-state index contributed by atoms with van der Waals surface area (Å²) in [7, 11) is 1.46. The largest absolute Gasteiger partial charge is 0.493 e. The minimum atomic E-state index is -0.535. The lowest BCUT2D eigenvalue weighted by atomic mass is 10.2. The average Bonchev–Trinajstić information content (AvgIpc) is 2.75. The number of hydrogen-bond acceptors (Lipinski definition) is 5. The third kappa shape index (κ3) is 5.68. The van der Waals surface area contributed by atoms with E-state index < -0.39 is 5.97 Å². The van der Waals surface area contributed by atoms with Crippen molar-refractivity contribution in [3.8, 4) is 11.5 Å². The molecular formula is C22H16BrClN2O4. The standard InChI is InChI=1S/C22H16BrClN2O4/c1-29-20-11-14(13-25-26-21(27)16-3-2-4-17(23)12-16)5-10-19(20)30-22(28)15-6-8-18(24)9-7-15/h2-13H,1H3,(H,26,27)/b25-13-. The second-order valence-electron chi connectivity index (χ2n) is 6.02. The summed E-state index contributed by atoms with van der Waals surface area (Å²) in [4.78, 5) is 24.4. The zero-order chi connectivity index (χ0) is 21.5. The maximum Gasteiger partial charge on any atom is 0.343 e. The van der Waals surface area contributed by atoms with Crippen LogP contribution < -0.4 is 14.9 Å². The fourth-order valence-corrected chi connectivity index (χ4v) is 2.98. The normalized spacial score (nSPS) is 10.6. The van der Waals surface area contributed by atoms with Crippen LogP contribution in [0.5, 0.6) is 11.5 Å². The molecule has 0 spiro atoms. The molecule has 1 amide bonds. The molecule has 8 heteroatoms. The van der Waals surface area contributed by atoms with Crippen molar-refractivity contribution in [2.24, 2.45) is 5.10 Å². The molecule has 3 rings (SSSR count). The van der Waals surface area contributed by atoms with E-state index in [-0.39, 0.29) is 11.7 Å². The van der Waals surface area contributed by atoms with Crippen LogP contribution >= 0.6 is 27.5 Å². The van der Waals surface area contributed by atoms with Crippen LogP contribution in [-0.2, 0) is 0 Å². The Hall–Kier alpha value is -3.16. The highest BCUT2D eigenvalue weighted by Gasteiger charge is 2.13. The molecule has 0 fully saturated rings. The van der Waals surface area contributed by atoms with Crippen molar-refractivity contribution >= 4 is 45.6 Å². The van der Waals surface area contributed by atoms with Crippen molar-refractivity contribution < 1.29 is 19.1 Å². The molecule has 0 radical (unpaired) electrons. The molecule has 30 heavy (non-hydrogen) atoms. The van der Waals surface area contributed by atoms with Gasteiger partial charge in [0, 0.05) is 15.1 Å². The summed E-state index contributed by atoms with van der Waals surface area (Å²) < 4.78 is 11.5. The Morgan fingerprint density at radius 3 is 2.47 bits per heavy atom. The smallest absolute Gasteiger partial charge is 0.343 e. The molecule has 152 valence electrons. The molecule has 0 bridgehead atoms. The van der Waals surface area contributed by atoms with Crippen molar-refractivity contribution in [3.05, 3.63) is 92.9 Å². The molecular weight excluding hydrogens is 472 g/mol. The monoisotopic (exact) mass is 486 g/mol. The summed E-state index contributed by atoms with van der Waals surface area (Å²) in [6.45, 7) is 0. The van der Waals surface area contributed by atoms with Gasteiger partial charge < -0.3 is 9.47 Å². The number of nitrogens with one attached hydrogen (secondary N) is 1. The molecule has 0 saturated carbocycles. The van der Waals surface area contributed by atoms with Crippen molar-refractivity contribution in [2.45, 2.75) is 0 Å². The molecule has 0 atom stereocenters. The molecule has 0 saturated heterocycles. The highest BCUT2D eigenvalue weighted by atomic mass is 79.9. The van der Waals surface area contributed by atoms with E-state index >= 15 is 0 Å². The Labute approximate surface area is 186 Å². The Kier molecular flexibility index (Phi) is 7.21. The van der Waals surface area contributed by atoms with Gasteiger partial charge in [0.25, 0.3) is 5.91 Å². The Bertz CT molecular complexity index is 1100. The van der Waals surface area contributed by atoms with Gasteiger partial charge in [0.15, 0.2) is 11.5 Å². The first-order chi connectivity index (χ1) is 14.5. The minimum Gasteiger partial charge on any atom is -0.493 e. The topological polar surface area (TPSA) is 77.0 Å². The molecule has 0 aliphatic heterocycles. The number of nitrogens with zero attached hydrogens (tertiary/aromatic N) is 1. The number of methoxy groups -OCH3 is 1. The lowest BCUT2D eigenvalue weighted by molar-refractivity contribution is 0.0729. The number of halogens is 2. The lowest BCUT2D eigenvalue weighted by Crippen LogP contribution is -2.17. The summed E-state index contributed by atoms with van der Waals surface area (Å²) in [5.41, 5.74) is 3.94. The van der Waals surface area contributed by atoms with Gasteiger partial charge in [-0.15, -0.1) is 0 Å². The summed E-state index contributed by atoms with van der Waals surface area (Å²) >= 11 is 9.15. The Morgan fingerprint density at radius 2 is 1.77 bits per heavy atom. The molecule has 0 aliphatic rings. The van der Waals surface area contributed by atoms with Gasteiger partial charge in [-0.05, 0) is 66.2 Å². The van der Waals surface area contributed by atoms with Gasteiger partial charge >= 0.3 is 5.97 Å². The molecule has 0 unspecified atom stereocenters. The van der Waals surface area contributed by atoms with E-state index in [2.05, 4.69) is 26.5 Å². The van der Waals surface area contributed by atoms with Crippen LogP contribution in [-0.4, -0.2) is 25.2 Å². The van der Waals surface area contributed by atoms with Crippen molar-refractivity contribution in [1.29, 1.82) is 0 Å². The molecule has 0 heterocycles. The Morgan fingerprint density at radius 1 is 1.00 bits per heavy atom. The van der Waals surface area contributed by atoms with Crippen LogP contribution in [0.15, 0.2) is 76.3 Å². The molecule has 3 aromatic rings. The number of rotatable bonds is 6. The summed E-state index contributed by atoms with van der Waals surface area (Å²) in [5, 5.41) is 4.48. The van der Waals surface area contributed by atoms with Gasteiger partial charge in [-0.1, -0.05) is 33.6 Å². The fourth-order valence-electron chi connectivity index (χ4n) is 2.45. The van der Waals surface area contributed by atoms with Gasteiger partial charge in [-0.2, -0.15) is 5.10 Å². The predicted molar refractivity (Wildman–Crippen MR) is 119 cm³/mol. The van der Waals surface area contributed by atoms with Crippen LogP contribution in [0.2, 0.25) is 5.02 Å². The van der Waals surface area contributed by atoms with E-state index in [1.165, 1.54) is 13.3 Å². The maximum absolute atomic E-state index is 12.3. The van der Waals surface area contributed by atoms with Crippen LogP contribution in [0.25, 0.3) is 0 Å². The van der Waals surface area contributed by atoms with Gasteiger partial charge in [0.1, 0.15) is 0 Å². The summed E-state index contributed by atoms with van der Waals surface area (Å²) in [6.07, 6.45) is 1.46. The zero-order valence-corrected chi connectivity index (χ0v) is 18.1. The third-order valence-electron chi connectivity index (χ3n) is 3.94. The second kappa shape index (κ2) is 10.0. The van der Waals surface area contributed by atoms with Crippen LogP contribution in [0, 0.1) is 0 Å². The first-order valence-corrected chi connectivity index (χ1v) is 9.88. The number of hydrogen-bond donors (Lipinski definition) is 1. The number of ether oxygens (including phenoxy) is 2. The number of esters is 1. The van der Waals surface area contributed by atoms with Gasteiger partial charge in [-0.25, -0.2) is 10.2 Å². The fraction of sp³-hybridized carbons (Fsp3) is 0.0455. The van der Waals surface area contributed by atoms with E-state index in [4.69, 9.17) is 21.1 Å². The molecule has 6 nitrogen and oxygen atoms in total. The SMILES string of the molecule is COc1cc(/C=N\NC(=O)c2cccc(Br)c2)ccc1OC(=O)c1ccc(Cl)cc1. The first kappa shape index (κ1) is 21.5.